The average Bonchev–Trinajstić information content (AvgIpc) is 2.30. The van der Waals surface area contributed by atoms with E-state index in [9.17, 15) is 0 Å². The Labute approximate surface area is 111 Å². The number of nitrogens with two attached hydrogens (primary N) is 1. The van der Waals surface area contributed by atoms with Crippen LogP contribution < -0.4 is 15.8 Å². The van der Waals surface area contributed by atoms with Gasteiger partial charge in [-0.2, -0.15) is 0 Å². The maximum atomic E-state index is 5.89. The molecule has 3 heteroatoms. The van der Waals surface area contributed by atoms with E-state index in [-0.39, 0.29) is 6.10 Å². The number of ether oxygens (including phenoxy) is 1. The third-order valence-corrected chi connectivity index (χ3v) is 3.10. The summed E-state index contributed by atoms with van der Waals surface area (Å²) in [4.78, 5) is 0. The lowest BCUT2D eigenvalue weighted by molar-refractivity contribution is 0.244. The molecule has 3 nitrogen and oxygen atoms in total. The van der Waals surface area contributed by atoms with Crippen LogP contribution in [0.15, 0.2) is 18.2 Å². The van der Waals surface area contributed by atoms with Gasteiger partial charge in [-0.15, -0.1) is 0 Å². The van der Waals surface area contributed by atoms with Crippen LogP contribution >= 0.6 is 0 Å². The molecule has 0 bridgehead atoms. The molecular weight excluding hydrogens is 224 g/mol. The summed E-state index contributed by atoms with van der Waals surface area (Å²) in [6.45, 7) is 11.7. The van der Waals surface area contributed by atoms with Crippen molar-refractivity contribution in [2.24, 2.45) is 5.41 Å². The monoisotopic (exact) mass is 250 g/mol. The van der Waals surface area contributed by atoms with E-state index in [1.54, 1.807) is 0 Å². The zero-order chi connectivity index (χ0) is 13.8. The predicted molar refractivity (Wildman–Crippen MR) is 79.2 cm³/mol. The SMILES string of the molecule is CCC(C)(C)CNc1ccc(N)c(OC(C)C)c1. The van der Waals surface area contributed by atoms with Crippen molar-refractivity contribution < 1.29 is 4.74 Å². The summed E-state index contributed by atoms with van der Waals surface area (Å²) >= 11 is 0. The molecule has 3 N–H and O–H groups in total. The minimum Gasteiger partial charge on any atom is -0.489 e. The first kappa shape index (κ1) is 14.7. The molecule has 0 spiro atoms. The van der Waals surface area contributed by atoms with Crippen LogP contribution in [0.5, 0.6) is 5.75 Å². The van der Waals surface area contributed by atoms with Crippen molar-refractivity contribution in [3.63, 3.8) is 0 Å². The van der Waals surface area contributed by atoms with Crippen molar-refractivity contribution in [1.29, 1.82) is 0 Å². The van der Waals surface area contributed by atoms with Gasteiger partial charge in [-0.1, -0.05) is 20.8 Å². The fourth-order valence-corrected chi connectivity index (χ4v) is 1.47. The highest BCUT2D eigenvalue weighted by molar-refractivity contribution is 5.61. The topological polar surface area (TPSA) is 47.3 Å². The maximum Gasteiger partial charge on any atom is 0.144 e. The van der Waals surface area contributed by atoms with Crippen LogP contribution in [-0.2, 0) is 0 Å². The molecule has 0 unspecified atom stereocenters. The summed E-state index contributed by atoms with van der Waals surface area (Å²) in [6.07, 6.45) is 1.28. The highest BCUT2D eigenvalue weighted by Gasteiger charge is 2.14. The number of hydrogen-bond acceptors (Lipinski definition) is 3. The normalized spacial score (nSPS) is 11.7. The van der Waals surface area contributed by atoms with Crippen LogP contribution in [0, 0.1) is 5.41 Å². The lowest BCUT2D eigenvalue weighted by atomic mass is 9.90. The van der Waals surface area contributed by atoms with Crippen molar-refractivity contribution in [3.05, 3.63) is 18.2 Å². The summed E-state index contributed by atoms with van der Waals surface area (Å²) in [6, 6.07) is 5.86. The third kappa shape index (κ3) is 4.47. The van der Waals surface area contributed by atoms with Crippen LogP contribution in [-0.4, -0.2) is 12.6 Å². The molecule has 102 valence electrons. The van der Waals surface area contributed by atoms with Gasteiger partial charge >= 0.3 is 0 Å². The van der Waals surface area contributed by atoms with Crippen LogP contribution in [0.2, 0.25) is 0 Å². The fourth-order valence-electron chi connectivity index (χ4n) is 1.47. The van der Waals surface area contributed by atoms with Gasteiger partial charge in [-0.25, -0.2) is 0 Å². The van der Waals surface area contributed by atoms with E-state index in [0.29, 0.717) is 11.1 Å². The first-order valence-electron chi connectivity index (χ1n) is 6.64. The van der Waals surface area contributed by atoms with E-state index in [1.165, 1.54) is 0 Å². The van der Waals surface area contributed by atoms with Crippen molar-refractivity contribution in [1.82, 2.24) is 0 Å². The number of hydrogen-bond donors (Lipinski definition) is 2. The van der Waals surface area contributed by atoms with Gasteiger partial charge in [-0.05, 0) is 37.8 Å². The summed E-state index contributed by atoms with van der Waals surface area (Å²) in [5.74, 6) is 0.754. The molecule has 0 radical (unpaired) electrons. The first-order valence-corrected chi connectivity index (χ1v) is 6.64. The number of benzene rings is 1. The zero-order valence-electron chi connectivity index (χ0n) is 12.2. The van der Waals surface area contributed by atoms with Crippen molar-refractivity contribution in [2.75, 3.05) is 17.6 Å². The molecule has 0 aromatic heterocycles. The third-order valence-electron chi connectivity index (χ3n) is 3.10. The molecule has 1 rings (SSSR count). The van der Waals surface area contributed by atoms with Gasteiger partial charge in [0.25, 0.3) is 0 Å². The molecule has 0 saturated heterocycles. The van der Waals surface area contributed by atoms with Crippen LogP contribution in [0.4, 0.5) is 11.4 Å². The minimum absolute atomic E-state index is 0.134. The van der Waals surface area contributed by atoms with E-state index in [2.05, 4.69) is 26.1 Å². The van der Waals surface area contributed by atoms with Gasteiger partial charge in [0, 0.05) is 18.3 Å². The van der Waals surface area contributed by atoms with Gasteiger partial charge in [0.05, 0.1) is 11.8 Å². The maximum absolute atomic E-state index is 5.89. The first-order chi connectivity index (χ1) is 8.34. The largest absolute Gasteiger partial charge is 0.489 e. The van der Waals surface area contributed by atoms with E-state index < -0.39 is 0 Å². The Balaban J connectivity index is 2.73. The average molecular weight is 250 g/mol. The summed E-state index contributed by atoms with van der Waals surface area (Å²) < 4.78 is 5.68. The smallest absolute Gasteiger partial charge is 0.144 e. The molecule has 0 heterocycles. The molecule has 18 heavy (non-hydrogen) atoms. The molecule has 0 aliphatic carbocycles. The highest BCUT2D eigenvalue weighted by atomic mass is 16.5. The molecule has 0 fully saturated rings. The molecule has 0 atom stereocenters. The summed E-state index contributed by atoms with van der Waals surface area (Å²) in [5.41, 5.74) is 7.93. The minimum atomic E-state index is 0.134. The molecular formula is C15H26N2O. The summed E-state index contributed by atoms with van der Waals surface area (Å²) in [5, 5.41) is 3.44. The van der Waals surface area contributed by atoms with Gasteiger partial charge in [0.15, 0.2) is 0 Å². The number of nitrogens with one attached hydrogen (secondary N) is 1. The van der Waals surface area contributed by atoms with E-state index in [1.807, 2.05) is 32.0 Å². The molecule has 1 aromatic rings. The number of nitrogen functional groups attached to an aromatic ring is 1. The van der Waals surface area contributed by atoms with Crippen LogP contribution in [0.1, 0.15) is 41.0 Å². The number of anilines is 2. The van der Waals surface area contributed by atoms with Crippen LogP contribution in [0.25, 0.3) is 0 Å². The predicted octanol–water partition coefficient (Wildman–Crippen LogP) is 3.90. The van der Waals surface area contributed by atoms with Gasteiger partial charge in [0.2, 0.25) is 0 Å². The zero-order valence-corrected chi connectivity index (χ0v) is 12.2. The molecule has 0 saturated carbocycles. The van der Waals surface area contributed by atoms with Crippen molar-refractivity contribution >= 4 is 11.4 Å². The van der Waals surface area contributed by atoms with Gasteiger partial charge in [-0.3, -0.25) is 0 Å². The second-order valence-electron chi connectivity index (χ2n) is 5.79. The second kappa shape index (κ2) is 5.98. The number of rotatable bonds is 6. The Morgan fingerprint density at radius 2 is 2.00 bits per heavy atom. The lowest BCUT2D eigenvalue weighted by Crippen LogP contribution is -2.22. The Kier molecular flexibility index (Phi) is 4.88. The van der Waals surface area contributed by atoms with Crippen molar-refractivity contribution in [2.45, 2.75) is 47.1 Å². The Morgan fingerprint density at radius 1 is 1.33 bits per heavy atom. The van der Waals surface area contributed by atoms with E-state index in [0.717, 1.165) is 24.4 Å². The highest BCUT2D eigenvalue weighted by Crippen LogP contribution is 2.28. The Hall–Kier alpha value is -1.38. The Morgan fingerprint density at radius 3 is 2.56 bits per heavy atom. The van der Waals surface area contributed by atoms with Gasteiger partial charge < -0.3 is 15.8 Å². The molecule has 1 aromatic carbocycles. The second-order valence-corrected chi connectivity index (χ2v) is 5.79. The summed E-state index contributed by atoms with van der Waals surface area (Å²) in [7, 11) is 0. The standard InChI is InChI=1S/C15H26N2O/c1-6-15(4,5)10-17-12-7-8-13(16)14(9-12)18-11(2)3/h7-9,11,17H,6,10,16H2,1-5H3. The van der Waals surface area contributed by atoms with E-state index >= 15 is 0 Å². The van der Waals surface area contributed by atoms with Gasteiger partial charge in [0.1, 0.15) is 5.75 Å². The lowest BCUT2D eigenvalue weighted by Gasteiger charge is -2.24. The molecule has 0 aliphatic heterocycles. The Bertz CT molecular complexity index is 386. The van der Waals surface area contributed by atoms with E-state index in [4.69, 9.17) is 10.5 Å². The van der Waals surface area contributed by atoms with Crippen molar-refractivity contribution in [3.8, 4) is 5.75 Å². The van der Waals surface area contributed by atoms with Crippen LogP contribution in [0.3, 0.4) is 0 Å². The quantitative estimate of drug-likeness (QED) is 0.753. The molecule has 0 aliphatic rings. The molecule has 0 amide bonds. The fraction of sp³-hybridized carbons (Fsp3) is 0.600.